The van der Waals surface area contributed by atoms with Gasteiger partial charge in [0.15, 0.2) is 0 Å². The molecule has 6 nitrogen and oxygen atoms in total. The summed E-state index contributed by atoms with van der Waals surface area (Å²) >= 11 is 0. The van der Waals surface area contributed by atoms with Crippen molar-refractivity contribution in [2.24, 2.45) is 0 Å². The number of carbonyl (C=O) groups is 2. The molecular formula is C29H32N4O2. The first-order valence-corrected chi connectivity index (χ1v) is 12.1. The molecule has 2 amide bonds. The molecule has 0 fully saturated rings. The minimum absolute atomic E-state index is 0.0170. The Labute approximate surface area is 206 Å². The molecular weight excluding hydrogens is 436 g/mol. The average molecular weight is 469 g/mol. The summed E-state index contributed by atoms with van der Waals surface area (Å²) in [5.74, 6) is 0.789. The van der Waals surface area contributed by atoms with Crippen LogP contribution >= 0.6 is 0 Å². The Balaban J connectivity index is 1.48. The number of aromatic nitrogens is 2. The van der Waals surface area contributed by atoms with Crippen LogP contribution in [0.5, 0.6) is 0 Å². The second-order valence-electron chi connectivity index (χ2n) is 9.02. The number of benzene rings is 3. The number of nitrogens with one attached hydrogen (secondary N) is 1. The van der Waals surface area contributed by atoms with Crippen LogP contribution in [-0.4, -0.2) is 34.0 Å². The van der Waals surface area contributed by atoms with Crippen molar-refractivity contribution >= 4 is 28.5 Å². The van der Waals surface area contributed by atoms with E-state index in [9.17, 15) is 9.59 Å². The van der Waals surface area contributed by atoms with Crippen LogP contribution in [0.1, 0.15) is 42.0 Å². The molecule has 4 aromatic rings. The standard InChI is InChI=1S/C29H32N4O2/c1-21(2)33(24-13-5-4-6-14-24)28(34)20-32-26-16-8-7-15-25(26)31-27(32)17-10-18-30-29(35)23-12-9-11-22(3)19-23/h4-9,11-16,19,21H,10,17-18,20H2,1-3H3,(H,30,35). The fourth-order valence-corrected chi connectivity index (χ4v) is 4.36. The maximum atomic E-state index is 13.5. The Morgan fingerprint density at radius 2 is 1.71 bits per heavy atom. The van der Waals surface area contributed by atoms with Crippen LogP contribution in [0.15, 0.2) is 78.9 Å². The molecule has 0 saturated heterocycles. The average Bonchev–Trinajstić information content (AvgIpc) is 3.19. The zero-order valence-corrected chi connectivity index (χ0v) is 20.6. The minimum atomic E-state index is -0.0761. The highest BCUT2D eigenvalue weighted by Gasteiger charge is 2.21. The van der Waals surface area contributed by atoms with E-state index in [0.29, 0.717) is 18.5 Å². The molecule has 1 aromatic heterocycles. The van der Waals surface area contributed by atoms with Gasteiger partial charge >= 0.3 is 0 Å². The Bertz CT molecular complexity index is 1310. The summed E-state index contributed by atoms with van der Waals surface area (Å²) in [6.45, 7) is 6.76. The number of hydrogen-bond acceptors (Lipinski definition) is 3. The molecule has 0 saturated carbocycles. The van der Waals surface area contributed by atoms with Crippen LogP contribution < -0.4 is 10.2 Å². The van der Waals surface area contributed by atoms with Gasteiger partial charge in [0.1, 0.15) is 12.4 Å². The Morgan fingerprint density at radius 3 is 2.46 bits per heavy atom. The van der Waals surface area contributed by atoms with Gasteiger partial charge in [-0.3, -0.25) is 9.59 Å². The Hall–Kier alpha value is -3.93. The van der Waals surface area contributed by atoms with Crippen molar-refractivity contribution in [1.82, 2.24) is 14.9 Å². The van der Waals surface area contributed by atoms with E-state index >= 15 is 0 Å². The van der Waals surface area contributed by atoms with Crippen LogP contribution in [0, 0.1) is 6.92 Å². The zero-order chi connectivity index (χ0) is 24.8. The van der Waals surface area contributed by atoms with Crippen LogP contribution in [0.4, 0.5) is 5.69 Å². The van der Waals surface area contributed by atoms with E-state index in [4.69, 9.17) is 4.98 Å². The topological polar surface area (TPSA) is 67.2 Å². The van der Waals surface area contributed by atoms with Gasteiger partial charge in [-0.25, -0.2) is 4.98 Å². The van der Waals surface area contributed by atoms with E-state index in [1.807, 2.05) is 109 Å². The van der Waals surface area contributed by atoms with Gasteiger partial charge in [0.05, 0.1) is 11.0 Å². The second-order valence-corrected chi connectivity index (χ2v) is 9.02. The van der Waals surface area contributed by atoms with Gasteiger partial charge in [-0.1, -0.05) is 48.0 Å². The smallest absolute Gasteiger partial charge is 0.251 e. The predicted molar refractivity (Wildman–Crippen MR) is 141 cm³/mol. The fraction of sp³-hybridized carbons (Fsp3) is 0.276. The number of rotatable bonds is 9. The molecule has 0 aliphatic carbocycles. The number of imidazole rings is 1. The number of anilines is 1. The number of nitrogens with zero attached hydrogens (tertiary/aromatic N) is 3. The van der Waals surface area contributed by atoms with Crippen molar-refractivity contribution in [2.45, 2.75) is 46.2 Å². The summed E-state index contributed by atoms with van der Waals surface area (Å²) in [6, 6.07) is 25.2. The highest BCUT2D eigenvalue weighted by molar-refractivity contribution is 5.95. The zero-order valence-electron chi connectivity index (χ0n) is 20.6. The molecule has 3 aromatic carbocycles. The molecule has 0 bridgehead atoms. The Morgan fingerprint density at radius 1 is 0.971 bits per heavy atom. The highest BCUT2D eigenvalue weighted by atomic mass is 16.2. The molecule has 0 atom stereocenters. The summed E-state index contributed by atoms with van der Waals surface area (Å²) in [5.41, 5.74) is 4.42. The molecule has 0 aliphatic rings. The van der Waals surface area contributed by atoms with Crippen LogP contribution in [0.3, 0.4) is 0 Å². The summed E-state index contributed by atoms with van der Waals surface area (Å²) in [7, 11) is 0. The van der Waals surface area contributed by atoms with Crippen LogP contribution in [-0.2, 0) is 17.8 Å². The van der Waals surface area contributed by atoms with Crippen molar-refractivity contribution in [2.75, 3.05) is 11.4 Å². The molecule has 1 heterocycles. The second kappa shape index (κ2) is 11.0. The predicted octanol–water partition coefficient (Wildman–Crippen LogP) is 5.15. The third-order valence-corrected chi connectivity index (χ3v) is 5.99. The van der Waals surface area contributed by atoms with E-state index in [1.165, 1.54) is 0 Å². The van der Waals surface area contributed by atoms with Gasteiger partial charge in [-0.2, -0.15) is 0 Å². The number of fused-ring (bicyclic) bond motifs is 1. The molecule has 180 valence electrons. The first kappa shape index (κ1) is 24.2. The van der Waals surface area contributed by atoms with Gasteiger partial charge in [-0.05, 0) is 63.6 Å². The van der Waals surface area contributed by atoms with Crippen molar-refractivity contribution in [3.05, 3.63) is 95.8 Å². The molecule has 0 spiro atoms. The number of aryl methyl sites for hydroxylation is 2. The molecule has 1 N–H and O–H groups in total. The minimum Gasteiger partial charge on any atom is -0.352 e. The van der Waals surface area contributed by atoms with E-state index in [2.05, 4.69) is 5.32 Å². The van der Waals surface area contributed by atoms with E-state index in [1.54, 1.807) is 0 Å². The number of para-hydroxylation sites is 3. The normalized spacial score (nSPS) is 11.1. The van der Waals surface area contributed by atoms with E-state index in [-0.39, 0.29) is 24.4 Å². The van der Waals surface area contributed by atoms with Gasteiger partial charge in [0, 0.05) is 30.3 Å². The molecule has 0 aliphatic heterocycles. The Kier molecular flexibility index (Phi) is 7.60. The van der Waals surface area contributed by atoms with Crippen molar-refractivity contribution in [3.63, 3.8) is 0 Å². The maximum Gasteiger partial charge on any atom is 0.251 e. The monoisotopic (exact) mass is 468 g/mol. The third-order valence-electron chi connectivity index (χ3n) is 5.99. The van der Waals surface area contributed by atoms with Gasteiger partial charge in [0.2, 0.25) is 5.91 Å². The first-order valence-electron chi connectivity index (χ1n) is 12.1. The largest absolute Gasteiger partial charge is 0.352 e. The molecule has 35 heavy (non-hydrogen) atoms. The van der Waals surface area contributed by atoms with Crippen molar-refractivity contribution in [1.29, 1.82) is 0 Å². The van der Waals surface area contributed by atoms with E-state index < -0.39 is 0 Å². The van der Waals surface area contributed by atoms with E-state index in [0.717, 1.165) is 34.5 Å². The maximum absolute atomic E-state index is 13.5. The molecule has 0 unspecified atom stereocenters. The van der Waals surface area contributed by atoms with Gasteiger partial charge in [-0.15, -0.1) is 0 Å². The molecule has 6 heteroatoms. The lowest BCUT2D eigenvalue weighted by atomic mass is 10.1. The first-order chi connectivity index (χ1) is 16.9. The summed E-state index contributed by atoms with van der Waals surface area (Å²) in [4.78, 5) is 32.6. The lowest BCUT2D eigenvalue weighted by Crippen LogP contribution is -2.39. The summed E-state index contributed by atoms with van der Waals surface area (Å²) < 4.78 is 2.01. The number of hydrogen-bond donors (Lipinski definition) is 1. The third kappa shape index (κ3) is 5.77. The van der Waals surface area contributed by atoms with Crippen molar-refractivity contribution in [3.8, 4) is 0 Å². The van der Waals surface area contributed by atoms with Crippen molar-refractivity contribution < 1.29 is 9.59 Å². The molecule has 0 radical (unpaired) electrons. The van der Waals surface area contributed by atoms with Crippen LogP contribution in [0.2, 0.25) is 0 Å². The lowest BCUT2D eigenvalue weighted by molar-refractivity contribution is -0.119. The SMILES string of the molecule is Cc1cccc(C(=O)NCCCc2nc3ccccc3n2CC(=O)N(c2ccccc2)C(C)C)c1. The van der Waals surface area contributed by atoms with Crippen LogP contribution in [0.25, 0.3) is 11.0 Å². The van der Waals surface area contributed by atoms with Gasteiger partial charge in [0.25, 0.3) is 5.91 Å². The van der Waals surface area contributed by atoms with Gasteiger partial charge < -0.3 is 14.8 Å². The molecule has 4 rings (SSSR count). The fourth-order valence-electron chi connectivity index (χ4n) is 4.36. The summed E-state index contributed by atoms with van der Waals surface area (Å²) in [5, 5.41) is 2.99. The lowest BCUT2D eigenvalue weighted by Gasteiger charge is -2.27. The highest BCUT2D eigenvalue weighted by Crippen LogP contribution is 2.21. The summed E-state index contributed by atoms with van der Waals surface area (Å²) in [6.07, 6.45) is 1.38. The number of amides is 2. The number of carbonyl (C=O) groups excluding carboxylic acids is 2. The quantitative estimate of drug-likeness (QED) is 0.346.